The Kier molecular flexibility index (Phi) is 1.98. The lowest BCUT2D eigenvalue weighted by Crippen LogP contribution is -1.70. The molecule has 0 aliphatic rings. The molecule has 2 aromatic heterocycles. The fourth-order valence-corrected chi connectivity index (χ4v) is 2.44. The van der Waals surface area contributed by atoms with Gasteiger partial charge in [0.15, 0.2) is 0 Å². The van der Waals surface area contributed by atoms with Crippen LogP contribution in [0.15, 0.2) is 36.7 Å². The molecule has 0 atom stereocenters. The average molecular weight is 225 g/mol. The minimum atomic E-state index is 0.639. The molecule has 3 nitrogen and oxygen atoms in total. The molecule has 0 radical (unpaired) electrons. The van der Waals surface area contributed by atoms with E-state index in [1.165, 1.54) is 11.3 Å². The summed E-state index contributed by atoms with van der Waals surface area (Å²) < 4.78 is 0. The number of H-pyrrole nitrogens is 1. The SMILES string of the molecule is N#Cc1cnc(-c2c[nH]c3ccccc23)s1. The van der Waals surface area contributed by atoms with Gasteiger partial charge in [-0.25, -0.2) is 4.98 Å². The zero-order chi connectivity index (χ0) is 11.0. The molecule has 2 heterocycles. The fourth-order valence-electron chi connectivity index (χ4n) is 1.70. The third-order valence-electron chi connectivity index (χ3n) is 2.44. The number of hydrogen-bond donors (Lipinski definition) is 1. The summed E-state index contributed by atoms with van der Waals surface area (Å²) in [6.45, 7) is 0. The molecule has 0 bridgehead atoms. The maximum Gasteiger partial charge on any atom is 0.126 e. The second kappa shape index (κ2) is 3.47. The number of rotatable bonds is 1. The molecule has 4 heteroatoms. The van der Waals surface area contributed by atoms with Crippen LogP contribution >= 0.6 is 11.3 Å². The number of fused-ring (bicyclic) bond motifs is 1. The molecule has 0 aliphatic carbocycles. The van der Waals surface area contributed by atoms with Crippen LogP contribution in [-0.2, 0) is 0 Å². The average Bonchev–Trinajstić information content (AvgIpc) is 2.94. The summed E-state index contributed by atoms with van der Waals surface area (Å²) in [5, 5.41) is 10.8. The number of para-hydroxylation sites is 1. The molecule has 1 N–H and O–H groups in total. The summed E-state index contributed by atoms with van der Waals surface area (Å²) in [5.74, 6) is 0. The van der Waals surface area contributed by atoms with E-state index in [1.807, 2.05) is 24.4 Å². The van der Waals surface area contributed by atoms with Gasteiger partial charge in [-0.1, -0.05) is 18.2 Å². The van der Waals surface area contributed by atoms with E-state index in [4.69, 9.17) is 5.26 Å². The van der Waals surface area contributed by atoms with Crippen molar-refractivity contribution in [3.8, 4) is 16.6 Å². The molecule has 0 saturated carbocycles. The van der Waals surface area contributed by atoms with Gasteiger partial charge in [-0.2, -0.15) is 5.26 Å². The Morgan fingerprint density at radius 1 is 1.31 bits per heavy atom. The monoisotopic (exact) mass is 225 g/mol. The van der Waals surface area contributed by atoms with E-state index in [0.29, 0.717) is 4.88 Å². The summed E-state index contributed by atoms with van der Waals surface area (Å²) >= 11 is 1.41. The first-order valence-corrected chi connectivity index (χ1v) is 5.62. The highest BCUT2D eigenvalue weighted by Crippen LogP contribution is 2.31. The van der Waals surface area contributed by atoms with Crippen LogP contribution in [0.1, 0.15) is 4.88 Å². The van der Waals surface area contributed by atoms with Gasteiger partial charge in [0.1, 0.15) is 16.0 Å². The topological polar surface area (TPSA) is 52.5 Å². The van der Waals surface area contributed by atoms with E-state index in [-0.39, 0.29) is 0 Å². The van der Waals surface area contributed by atoms with E-state index in [2.05, 4.69) is 22.1 Å². The molecule has 1 aromatic carbocycles. The smallest absolute Gasteiger partial charge is 0.126 e. The van der Waals surface area contributed by atoms with Crippen LogP contribution in [0.3, 0.4) is 0 Å². The van der Waals surface area contributed by atoms with Crippen molar-refractivity contribution >= 4 is 22.2 Å². The lowest BCUT2D eigenvalue weighted by Gasteiger charge is -1.92. The van der Waals surface area contributed by atoms with Gasteiger partial charge in [0, 0.05) is 22.7 Å². The predicted octanol–water partition coefficient (Wildman–Crippen LogP) is 3.16. The fraction of sp³-hybridized carbons (Fsp3) is 0. The van der Waals surface area contributed by atoms with Gasteiger partial charge in [-0.3, -0.25) is 0 Å². The van der Waals surface area contributed by atoms with E-state index in [0.717, 1.165) is 21.5 Å². The van der Waals surface area contributed by atoms with Crippen molar-refractivity contribution < 1.29 is 0 Å². The van der Waals surface area contributed by atoms with Gasteiger partial charge in [-0.15, -0.1) is 11.3 Å². The minimum absolute atomic E-state index is 0.639. The molecule has 0 saturated heterocycles. The second-order valence-corrected chi connectivity index (χ2v) is 4.42. The Morgan fingerprint density at radius 3 is 3.00 bits per heavy atom. The highest BCUT2D eigenvalue weighted by Gasteiger charge is 2.09. The van der Waals surface area contributed by atoms with Crippen LogP contribution in [0.4, 0.5) is 0 Å². The Hall–Kier alpha value is -2.12. The first-order chi connectivity index (χ1) is 7.88. The third-order valence-corrected chi connectivity index (χ3v) is 3.37. The van der Waals surface area contributed by atoms with Gasteiger partial charge >= 0.3 is 0 Å². The quantitative estimate of drug-likeness (QED) is 0.691. The summed E-state index contributed by atoms with van der Waals surface area (Å²) in [4.78, 5) is 8.09. The van der Waals surface area contributed by atoms with Crippen LogP contribution in [0.5, 0.6) is 0 Å². The Balaban J connectivity index is 2.23. The first kappa shape index (κ1) is 9.13. The van der Waals surface area contributed by atoms with Gasteiger partial charge in [0.05, 0.1) is 6.20 Å². The molecule has 3 aromatic rings. The number of nitriles is 1. The molecular formula is C12H7N3S. The lowest BCUT2D eigenvalue weighted by atomic mass is 10.2. The van der Waals surface area contributed by atoms with Crippen LogP contribution in [0, 0.1) is 11.3 Å². The van der Waals surface area contributed by atoms with Crippen LogP contribution < -0.4 is 0 Å². The largest absolute Gasteiger partial charge is 0.360 e. The van der Waals surface area contributed by atoms with Gasteiger partial charge in [-0.05, 0) is 6.07 Å². The first-order valence-electron chi connectivity index (χ1n) is 4.81. The van der Waals surface area contributed by atoms with E-state index < -0.39 is 0 Å². The molecule has 0 spiro atoms. The highest BCUT2D eigenvalue weighted by atomic mass is 32.1. The summed E-state index contributed by atoms with van der Waals surface area (Å²) in [6.07, 6.45) is 3.55. The number of nitrogens with zero attached hydrogens (tertiary/aromatic N) is 2. The summed E-state index contributed by atoms with van der Waals surface area (Å²) in [6, 6.07) is 10.2. The molecule has 76 valence electrons. The molecule has 0 aliphatic heterocycles. The summed E-state index contributed by atoms with van der Waals surface area (Å²) in [7, 11) is 0. The normalized spacial score (nSPS) is 10.4. The summed E-state index contributed by atoms with van der Waals surface area (Å²) in [5.41, 5.74) is 2.15. The number of benzene rings is 1. The van der Waals surface area contributed by atoms with Gasteiger partial charge < -0.3 is 4.98 Å². The maximum atomic E-state index is 8.77. The van der Waals surface area contributed by atoms with Crippen molar-refractivity contribution in [1.29, 1.82) is 5.26 Å². The van der Waals surface area contributed by atoms with E-state index in [1.54, 1.807) is 6.20 Å². The molecule has 3 rings (SSSR count). The standard InChI is InChI=1S/C12H7N3S/c13-5-8-6-15-12(16-8)10-7-14-11-4-2-1-3-9(10)11/h1-4,6-7,14H. The van der Waals surface area contributed by atoms with Crippen LogP contribution in [-0.4, -0.2) is 9.97 Å². The van der Waals surface area contributed by atoms with E-state index >= 15 is 0 Å². The van der Waals surface area contributed by atoms with Crippen molar-refractivity contribution in [1.82, 2.24) is 9.97 Å². The zero-order valence-electron chi connectivity index (χ0n) is 8.27. The third kappa shape index (κ3) is 1.30. The van der Waals surface area contributed by atoms with Gasteiger partial charge in [0.25, 0.3) is 0 Å². The lowest BCUT2D eigenvalue weighted by molar-refractivity contribution is 1.39. The second-order valence-electron chi connectivity index (χ2n) is 3.39. The van der Waals surface area contributed by atoms with Crippen molar-refractivity contribution in [3.05, 3.63) is 41.5 Å². The Labute approximate surface area is 96.0 Å². The molecule has 0 amide bonds. The number of nitrogens with one attached hydrogen (secondary N) is 1. The molecule has 0 unspecified atom stereocenters. The minimum Gasteiger partial charge on any atom is -0.360 e. The number of aromatic amines is 1. The van der Waals surface area contributed by atoms with Crippen molar-refractivity contribution in [2.24, 2.45) is 0 Å². The number of hydrogen-bond acceptors (Lipinski definition) is 3. The molecule has 0 fully saturated rings. The Bertz CT molecular complexity index is 687. The Morgan fingerprint density at radius 2 is 2.19 bits per heavy atom. The number of aromatic nitrogens is 2. The van der Waals surface area contributed by atoms with Crippen LogP contribution in [0.25, 0.3) is 21.5 Å². The van der Waals surface area contributed by atoms with Gasteiger partial charge in [0.2, 0.25) is 0 Å². The van der Waals surface area contributed by atoms with Crippen LogP contribution in [0.2, 0.25) is 0 Å². The zero-order valence-corrected chi connectivity index (χ0v) is 9.08. The molecule has 16 heavy (non-hydrogen) atoms. The van der Waals surface area contributed by atoms with E-state index in [9.17, 15) is 0 Å². The predicted molar refractivity (Wildman–Crippen MR) is 64.1 cm³/mol. The van der Waals surface area contributed by atoms with Crippen molar-refractivity contribution in [3.63, 3.8) is 0 Å². The maximum absolute atomic E-state index is 8.77. The van der Waals surface area contributed by atoms with Crippen molar-refractivity contribution in [2.75, 3.05) is 0 Å². The molecular weight excluding hydrogens is 218 g/mol. The number of thiazole rings is 1. The highest BCUT2D eigenvalue weighted by molar-refractivity contribution is 7.15. The van der Waals surface area contributed by atoms with Crippen molar-refractivity contribution in [2.45, 2.75) is 0 Å².